The summed E-state index contributed by atoms with van der Waals surface area (Å²) in [5, 5.41) is 13.5. The van der Waals surface area contributed by atoms with E-state index in [9.17, 15) is 4.79 Å². The first kappa shape index (κ1) is 19.0. The zero-order valence-corrected chi connectivity index (χ0v) is 15.3. The van der Waals surface area contributed by atoms with Crippen LogP contribution < -0.4 is 5.32 Å². The predicted octanol–water partition coefficient (Wildman–Crippen LogP) is 4.13. The first-order valence-corrected chi connectivity index (χ1v) is 8.57. The third-order valence-corrected chi connectivity index (χ3v) is 4.43. The first-order chi connectivity index (χ1) is 12.0. The van der Waals surface area contributed by atoms with Crippen molar-refractivity contribution in [3.05, 3.63) is 71.1 Å². The van der Waals surface area contributed by atoms with Crippen molar-refractivity contribution in [3.63, 3.8) is 0 Å². The van der Waals surface area contributed by atoms with Crippen molar-refractivity contribution in [2.75, 3.05) is 6.61 Å². The number of amides is 1. The molecule has 4 nitrogen and oxygen atoms in total. The largest absolute Gasteiger partial charge is 0.392 e. The molecule has 2 N–H and O–H groups in total. The van der Waals surface area contributed by atoms with Crippen LogP contribution in [-0.2, 0) is 13.5 Å². The Kier molecular flexibility index (Phi) is 6.62. The van der Waals surface area contributed by atoms with Gasteiger partial charge < -0.3 is 15.0 Å². The minimum Gasteiger partial charge on any atom is -0.392 e. The summed E-state index contributed by atoms with van der Waals surface area (Å²) in [7, 11) is 1.87. The number of halogens is 1. The van der Waals surface area contributed by atoms with Crippen molar-refractivity contribution in [2.24, 2.45) is 7.05 Å². The molecular formula is C20H23ClN2O2. The number of carbonyl (C=O) groups is 1. The normalized spacial score (nSPS) is 12.1. The molecule has 1 aromatic carbocycles. The van der Waals surface area contributed by atoms with Crippen LogP contribution >= 0.6 is 11.6 Å². The Morgan fingerprint density at radius 2 is 2.20 bits per heavy atom. The Morgan fingerprint density at radius 3 is 2.84 bits per heavy atom. The maximum absolute atomic E-state index is 12.5. The fourth-order valence-electron chi connectivity index (χ4n) is 2.72. The Hall–Kier alpha value is -2.30. The highest BCUT2D eigenvalue weighted by Gasteiger charge is 2.15. The third kappa shape index (κ3) is 4.21. The van der Waals surface area contributed by atoms with Gasteiger partial charge in [0.25, 0.3) is 5.91 Å². The highest BCUT2D eigenvalue weighted by atomic mass is 35.5. The van der Waals surface area contributed by atoms with Crippen LogP contribution in [0, 0.1) is 0 Å². The number of carbonyl (C=O) groups excluding carboxylic acids is 1. The molecule has 0 aliphatic rings. The lowest BCUT2D eigenvalue weighted by Crippen LogP contribution is -2.19. The van der Waals surface area contributed by atoms with Gasteiger partial charge in [-0.3, -0.25) is 4.79 Å². The zero-order valence-electron chi connectivity index (χ0n) is 14.6. The summed E-state index contributed by atoms with van der Waals surface area (Å²) in [6.45, 7) is 5.61. The fourth-order valence-corrected chi connectivity index (χ4v) is 2.98. The maximum atomic E-state index is 12.5. The van der Waals surface area contributed by atoms with Gasteiger partial charge in [-0.05, 0) is 41.8 Å². The van der Waals surface area contributed by atoms with Gasteiger partial charge in [0.1, 0.15) is 5.69 Å². The fraction of sp³-hybridized carbons (Fsp3) is 0.250. The molecule has 1 aromatic heterocycles. The van der Waals surface area contributed by atoms with Gasteiger partial charge in [0.2, 0.25) is 0 Å². The predicted molar refractivity (Wildman–Crippen MR) is 104 cm³/mol. The van der Waals surface area contributed by atoms with Crippen molar-refractivity contribution < 1.29 is 9.90 Å². The lowest BCUT2D eigenvalue weighted by atomic mass is 10.1. The second-order valence-corrected chi connectivity index (χ2v) is 6.14. The molecule has 0 spiro atoms. The number of aryl methyl sites for hydroxylation is 2. The van der Waals surface area contributed by atoms with Crippen molar-refractivity contribution in [1.82, 2.24) is 9.88 Å². The lowest BCUT2D eigenvalue weighted by Gasteiger charge is -2.06. The smallest absolute Gasteiger partial charge is 0.271 e. The van der Waals surface area contributed by atoms with E-state index in [1.165, 1.54) is 0 Å². The molecule has 0 radical (unpaired) electrons. The highest BCUT2D eigenvalue weighted by Crippen LogP contribution is 2.29. The topological polar surface area (TPSA) is 54.3 Å². The van der Waals surface area contributed by atoms with Gasteiger partial charge in [0.05, 0.1) is 6.61 Å². The Balaban J connectivity index is 2.29. The Labute approximate surface area is 153 Å². The molecule has 0 aliphatic heterocycles. The second-order valence-electron chi connectivity index (χ2n) is 5.73. The molecule has 1 heterocycles. The monoisotopic (exact) mass is 358 g/mol. The number of nitrogens with one attached hydrogen (secondary N) is 1. The Bertz CT molecular complexity index is 847. The van der Waals surface area contributed by atoms with Crippen LogP contribution in [0.1, 0.15) is 29.4 Å². The van der Waals surface area contributed by atoms with Gasteiger partial charge in [-0.2, -0.15) is 0 Å². The average molecular weight is 359 g/mol. The molecule has 0 aliphatic carbocycles. The molecule has 0 fully saturated rings. The van der Waals surface area contributed by atoms with Gasteiger partial charge in [0.15, 0.2) is 0 Å². The van der Waals surface area contributed by atoms with Gasteiger partial charge in [-0.25, -0.2) is 0 Å². The molecule has 0 atom stereocenters. The minimum absolute atomic E-state index is 0.0913. The van der Waals surface area contributed by atoms with E-state index in [1.807, 2.05) is 29.8 Å². The van der Waals surface area contributed by atoms with Crippen LogP contribution in [0.15, 0.2) is 54.8 Å². The standard InChI is InChI=1S/C20H23ClN2O2/c1-4-7-15-16-12-19(23(3)18(16)10-9-17(15)21)20(25)22-11-6-8-14(5-2)13-24/h5-6,8-12,24H,2,4,7,13H2,1,3H3,(H,22,25)/b11-6?,14-8+. The van der Waals surface area contributed by atoms with Gasteiger partial charge >= 0.3 is 0 Å². The van der Waals surface area contributed by atoms with Crippen LogP contribution in [0.2, 0.25) is 5.02 Å². The van der Waals surface area contributed by atoms with Gasteiger partial charge in [-0.15, -0.1) is 0 Å². The summed E-state index contributed by atoms with van der Waals surface area (Å²) >= 11 is 6.33. The number of aliphatic hydroxyl groups is 1. The number of nitrogens with zero attached hydrogens (tertiary/aromatic N) is 1. The molecule has 0 saturated heterocycles. The molecule has 0 unspecified atom stereocenters. The second kappa shape index (κ2) is 8.70. The number of benzene rings is 1. The summed E-state index contributed by atoms with van der Waals surface area (Å²) in [4.78, 5) is 12.5. The molecule has 0 bridgehead atoms. The van der Waals surface area contributed by atoms with E-state index < -0.39 is 0 Å². The summed E-state index contributed by atoms with van der Waals surface area (Å²) in [5.41, 5.74) is 3.30. The van der Waals surface area contributed by atoms with Gasteiger partial charge in [-0.1, -0.05) is 43.7 Å². The number of hydrogen-bond acceptors (Lipinski definition) is 2. The SMILES string of the molecule is C=C/C(=C\C=CNC(=O)c1cc2c(CCC)c(Cl)ccc2n1C)CO. The maximum Gasteiger partial charge on any atom is 0.271 e. The number of rotatable bonds is 7. The summed E-state index contributed by atoms with van der Waals surface area (Å²) < 4.78 is 1.87. The number of hydrogen-bond donors (Lipinski definition) is 2. The van der Waals surface area contributed by atoms with Crippen LogP contribution in [0.3, 0.4) is 0 Å². The first-order valence-electron chi connectivity index (χ1n) is 8.20. The number of aliphatic hydroxyl groups excluding tert-OH is 1. The van der Waals surface area contributed by atoms with E-state index in [2.05, 4.69) is 18.8 Å². The molecular weight excluding hydrogens is 336 g/mol. The molecule has 132 valence electrons. The van der Waals surface area contributed by atoms with Crippen LogP contribution in [0.25, 0.3) is 10.9 Å². The zero-order chi connectivity index (χ0) is 18.4. The summed E-state index contributed by atoms with van der Waals surface area (Å²) in [6.07, 6.45) is 8.31. The van der Waals surface area contributed by atoms with Crippen LogP contribution in [-0.4, -0.2) is 22.2 Å². The van der Waals surface area contributed by atoms with Crippen molar-refractivity contribution >= 4 is 28.4 Å². The van der Waals surface area contributed by atoms with Crippen LogP contribution in [0.5, 0.6) is 0 Å². The molecule has 2 aromatic rings. The third-order valence-electron chi connectivity index (χ3n) is 4.08. The molecule has 1 amide bonds. The Morgan fingerprint density at radius 1 is 1.44 bits per heavy atom. The van der Waals surface area contributed by atoms with Crippen molar-refractivity contribution in [1.29, 1.82) is 0 Å². The van der Waals surface area contributed by atoms with Crippen molar-refractivity contribution in [2.45, 2.75) is 19.8 Å². The molecule has 2 rings (SSSR count). The lowest BCUT2D eigenvalue weighted by molar-refractivity contribution is 0.0962. The number of allylic oxidation sites excluding steroid dienone is 2. The van der Waals surface area contributed by atoms with E-state index in [1.54, 1.807) is 24.4 Å². The number of fused-ring (bicyclic) bond motifs is 1. The summed E-state index contributed by atoms with van der Waals surface area (Å²) in [5.74, 6) is -0.203. The van der Waals surface area contributed by atoms with E-state index in [4.69, 9.17) is 16.7 Å². The van der Waals surface area contributed by atoms with Gasteiger partial charge in [0, 0.05) is 29.2 Å². The van der Waals surface area contributed by atoms with E-state index in [0.29, 0.717) is 11.3 Å². The van der Waals surface area contributed by atoms with E-state index >= 15 is 0 Å². The van der Waals surface area contributed by atoms with E-state index in [0.717, 1.165) is 34.3 Å². The quantitative estimate of drug-likeness (QED) is 0.731. The minimum atomic E-state index is -0.203. The van der Waals surface area contributed by atoms with Crippen molar-refractivity contribution in [3.8, 4) is 0 Å². The molecule has 5 heteroatoms. The van der Waals surface area contributed by atoms with E-state index in [-0.39, 0.29) is 12.5 Å². The number of aromatic nitrogens is 1. The molecule has 0 saturated carbocycles. The highest BCUT2D eigenvalue weighted by molar-refractivity contribution is 6.32. The summed E-state index contributed by atoms with van der Waals surface area (Å²) in [6, 6.07) is 5.70. The van der Waals surface area contributed by atoms with Crippen LogP contribution in [0.4, 0.5) is 0 Å². The average Bonchev–Trinajstić information content (AvgIpc) is 2.94. The molecule has 25 heavy (non-hydrogen) atoms.